The highest BCUT2D eigenvalue weighted by molar-refractivity contribution is 7.71. The maximum atomic E-state index is 14.3. The van der Waals surface area contributed by atoms with Crippen LogP contribution in [0, 0.1) is 10.6 Å². The number of rotatable bonds is 7. The molecule has 3 rings (SSSR count). The Morgan fingerprint density at radius 3 is 2.73 bits per heavy atom. The van der Waals surface area contributed by atoms with Crippen molar-refractivity contribution in [3.8, 4) is 11.4 Å². The number of aromatic nitrogens is 3. The topological polar surface area (TPSA) is 55.1 Å². The van der Waals surface area contributed by atoms with Crippen molar-refractivity contribution in [3.05, 3.63) is 34.9 Å². The van der Waals surface area contributed by atoms with Gasteiger partial charge in [-0.15, -0.1) is 0 Å². The van der Waals surface area contributed by atoms with Crippen LogP contribution < -0.4 is 5.32 Å². The summed E-state index contributed by atoms with van der Waals surface area (Å²) >= 11 is 5.59. The molecule has 0 atom stereocenters. The molecular weight excluding hydrogens is 353 g/mol. The molecule has 0 bridgehead atoms. The number of carbonyl (C=O) groups excluding carboxylic acids is 1. The molecule has 0 unspecified atom stereocenters. The first-order valence-corrected chi connectivity index (χ1v) is 9.19. The van der Waals surface area contributed by atoms with Crippen molar-refractivity contribution < 1.29 is 9.18 Å². The van der Waals surface area contributed by atoms with E-state index < -0.39 is 0 Å². The van der Waals surface area contributed by atoms with Gasteiger partial charge >= 0.3 is 0 Å². The van der Waals surface area contributed by atoms with Crippen LogP contribution in [0.5, 0.6) is 0 Å². The summed E-state index contributed by atoms with van der Waals surface area (Å²) in [7, 11) is 1.83. The lowest BCUT2D eigenvalue weighted by Gasteiger charge is -2.17. The molecule has 140 valence electrons. The van der Waals surface area contributed by atoms with E-state index >= 15 is 0 Å². The fourth-order valence-electron chi connectivity index (χ4n) is 2.89. The van der Waals surface area contributed by atoms with E-state index in [-0.39, 0.29) is 30.4 Å². The summed E-state index contributed by atoms with van der Waals surface area (Å²) < 4.78 is 18.4. The molecule has 1 fully saturated rings. The highest BCUT2D eigenvalue weighted by Crippen LogP contribution is 2.38. The molecule has 1 aliphatic carbocycles. The van der Waals surface area contributed by atoms with Gasteiger partial charge in [0.15, 0.2) is 10.6 Å². The Balaban J connectivity index is 1.85. The second-order valence-corrected chi connectivity index (χ2v) is 7.43. The lowest BCUT2D eigenvalue weighted by molar-refractivity contribution is -0.122. The van der Waals surface area contributed by atoms with Crippen LogP contribution in [0.4, 0.5) is 4.39 Å². The summed E-state index contributed by atoms with van der Waals surface area (Å²) in [6.45, 7) is 4.45. The van der Waals surface area contributed by atoms with Crippen molar-refractivity contribution in [1.29, 1.82) is 0 Å². The van der Waals surface area contributed by atoms with Crippen LogP contribution in [0.2, 0.25) is 0 Å². The summed E-state index contributed by atoms with van der Waals surface area (Å²) in [6, 6.07) is 6.97. The number of nitrogens with one attached hydrogen (secondary N) is 1. The number of carbonyl (C=O) groups is 1. The maximum absolute atomic E-state index is 14.3. The van der Waals surface area contributed by atoms with Gasteiger partial charge < -0.3 is 5.32 Å². The quantitative estimate of drug-likeness (QED) is 0.754. The average Bonchev–Trinajstić information content (AvgIpc) is 3.33. The number of nitrogens with zero attached hydrogens (tertiary/aromatic N) is 4. The van der Waals surface area contributed by atoms with E-state index in [2.05, 4.69) is 10.4 Å². The normalized spacial score (nSPS) is 14.2. The van der Waals surface area contributed by atoms with Crippen molar-refractivity contribution >= 4 is 18.1 Å². The first-order chi connectivity index (χ1) is 12.4. The van der Waals surface area contributed by atoms with Crippen molar-refractivity contribution in [2.75, 3.05) is 13.6 Å². The van der Waals surface area contributed by atoms with Gasteiger partial charge in [-0.05, 0) is 58.1 Å². The summed E-state index contributed by atoms with van der Waals surface area (Å²) in [5.41, 5.74) is 0.449. The Kier molecular flexibility index (Phi) is 5.52. The second kappa shape index (κ2) is 7.67. The number of amides is 1. The van der Waals surface area contributed by atoms with Gasteiger partial charge in [0, 0.05) is 12.1 Å². The molecule has 0 spiro atoms. The van der Waals surface area contributed by atoms with Gasteiger partial charge in [-0.25, -0.2) is 9.07 Å². The predicted octanol–water partition coefficient (Wildman–Crippen LogP) is 2.97. The maximum Gasteiger partial charge on any atom is 0.234 e. The molecule has 0 saturated heterocycles. The summed E-state index contributed by atoms with van der Waals surface area (Å²) in [5.74, 6) is 0.187. The largest absolute Gasteiger partial charge is 0.353 e. The van der Waals surface area contributed by atoms with Gasteiger partial charge in [-0.2, -0.15) is 5.10 Å². The molecule has 0 radical (unpaired) electrons. The number of halogens is 1. The number of hydrogen-bond donors (Lipinski definition) is 1. The van der Waals surface area contributed by atoms with Gasteiger partial charge in [-0.3, -0.25) is 14.3 Å². The summed E-state index contributed by atoms with van der Waals surface area (Å²) in [4.78, 5) is 13.8. The Morgan fingerprint density at radius 2 is 2.12 bits per heavy atom. The standard InChI is InChI=1S/C18H24FN5OS/c1-12(2)20-16(25)10-22(3)11-23-18(26)24(13-8-9-13)17(21-23)14-6-4-5-7-15(14)19/h4-7,12-13H,8-11H2,1-3H3,(H,20,25). The average molecular weight is 377 g/mol. The van der Waals surface area contributed by atoms with Crippen LogP contribution >= 0.6 is 12.2 Å². The SMILES string of the molecule is CC(C)NC(=O)CN(C)Cn1nc(-c2ccccc2F)n(C2CC2)c1=S. The van der Waals surface area contributed by atoms with E-state index in [9.17, 15) is 9.18 Å². The van der Waals surface area contributed by atoms with Crippen LogP contribution in [-0.4, -0.2) is 44.8 Å². The van der Waals surface area contributed by atoms with Gasteiger partial charge in [0.05, 0.1) is 18.8 Å². The molecule has 8 heteroatoms. The van der Waals surface area contributed by atoms with Crippen LogP contribution in [0.1, 0.15) is 32.7 Å². The molecule has 1 aromatic carbocycles. The zero-order valence-electron chi connectivity index (χ0n) is 15.3. The zero-order chi connectivity index (χ0) is 18.8. The highest BCUT2D eigenvalue weighted by atomic mass is 32.1. The smallest absolute Gasteiger partial charge is 0.234 e. The van der Waals surface area contributed by atoms with Crippen molar-refractivity contribution in [3.63, 3.8) is 0 Å². The Labute approximate surface area is 157 Å². The monoisotopic (exact) mass is 377 g/mol. The molecule has 1 saturated carbocycles. The summed E-state index contributed by atoms with van der Waals surface area (Å²) in [6.07, 6.45) is 2.04. The van der Waals surface area contributed by atoms with E-state index in [1.807, 2.05) is 30.4 Å². The third-order valence-corrected chi connectivity index (χ3v) is 4.54. The third kappa shape index (κ3) is 4.19. The fourth-order valence-corrected chi connectivity index (χ4v) is 3.23. The molecule has 1 heterocycles. The lowest BCUT2D eigenvalue weighted by atomic mass is 10.2. The number of benzene rings is 1. The van der Waals surface area contributed by atoms with Crippen molar-refractivity contribution in [1.82, 2.24) is 24.6 Å². The molecule has 1 aliphatic rings. The molecule has 1 N–H and O–H groups in total. The van der Waals surface area contributed by atoms with Gasteiger partial charge in [0.25, 0.3) is 0 Å². The van der Waals surface area contributed by atoms with E-state index in [1.165, 1.54) is 6.07 Å². The van der Waals surface area contributed by atoms with Crippen LogP contribution in [0.3, 0.4) is 0 Å². The van der Waals surface area contributed by atoms with Gasteiger partial charge in [0.2, 0.25) is 5.91 Å². The molecule has 2 aromatic rings. The Hall–Kier alpha value is -2.06. The van der Waals surface area contributed by atoms with Gasteiger partial charge in [0.1, 0.15) is 5.82 Å². The van der Waals surface area contributed by atoms with Crippen LogP contribution in [-0.2, 0) is 11.5 Å². The minimum Gasteiger partial charge on any atom is -0.353 e. The Bertz CT molecular complexity index is 856. The minimum absolute atomic E-state index is 0.0510. The number of hydrogen-bond acceptors (Lipinski definition) is 4. The first-order valence-electron chi connectivity index (χ1n) is 8.79. The third-order valence-electron chi connectivity index (χ3n) is 4.14. The van der Waals surface area contributed by atoms with E-state index in [0.717, 1.165) is 12.8 Å². The lowest BCUT2D eigenvalue weighted by Crippen LogP contribution is -2.39. The van der Waals surface area contributed by atoms with Crippen LogP contribution in [0.15, 0.2) is 24.3 Å². The summed E-state index contributed by atoms with van der Waals surface area (Å²) in [5, 5.41) is 7.43. The van der Waals surface area contributed by atoms with Crippen LogP contribution in [0.25, 0.3) is 11.4 Å². The molecular formula is C18H24FN5OS. The molecule has 6 nitrogen and oxygen atoms in total. The minimum atomic E-state index is -0.314. The van der Waals surface area contributed by atoms with Crippen molar-refractivity contribution in [2.45, 2.75) is 45.4 Å². The molecule has 1 aromatic heterocycles. The van der Waals surface area contributed by atoms with E-state index in [4.69, 9.17) is 12.2 Å². The van der Waals surface area contributed by atoms with E-state index in [0.29, 0.717) is 22.8 Å². The predicted molar refractivity (Wildman–Crippen MR) is 101 cm³/mol. The molecule has 26 heavy (non-hydrogen) atoms. The van der Waals surface area contributed by atoms with Crippen molar-refractivity contribution in [2.24, 2.45) is 0 Å². The molecule has 0 aliphatic heterocycles. The van der Waals surface area contributed by atoms with Gasteiger partial charge in [-0.1, -0.05) is 12.1 Å². The fraction of sp³-hybridized carbons (Fsp3) is 0.500. The number of likely N-dealkylation sites (N-methyl/N-ethyl adjacent to an activating group) is 1. The molecule has 1 amide bonds. The van der Waals surface area contributed by atoms with E-state index in [1.54, 1.807) is 22.9 Å². The first kappa shape index (κ1) is 18.7. The highest BCUT2D eigenvalue weighted by Gasteiger charge is 2.30. The second-order valence-electron chi connectivity index (χ2n) is 7.06. The Morgan fingerprint density at radius 1 is 1.42 bits per heavy atom. The zero-order valence-corrected chi connectivity index (χ0v) is 16.1.